The number of hydrogen-bond donors (Lipinski definition) is 2. The van der Waals surface area contributed by atoms with Gasteiger partial charge in [-0.05, 0) is 25.3 Å². The Morgan fingerprint density at radius 2 is 2.00 bits per heavy atom. The molecule has 0 bridgehead atoms. The monoisotopic (exact) mass is 290 g/mol. The largest absolute Gasteiger partial charge is 0.357 e. The molecule has 1 aromatic carbocycles. The first-order valence-corrected chi connectivity index (χ1v) is 7.47. The zero-order valence-corrected chi connectivity index (χ0v) is 12.3. The second-order valence-corrected chi connectivity index (χ2v) is 5.24. The van der Waals surface area contributed by atoms with E-state index in [2.05, 4.69) is 15.6 Å². The maximum Gasteiger partial charge on any atom is 0.269 e. The van der Waals surface area contributed by atoms with Gasteiger partial charge in [0.2, 0.25) is 0 Å². The summed E-state index contributed by atoms with van der Waals surface area (Å²) < 4.78 is 0. The molecule has 1 saturated carbocycles. The van der Waals surface area contributed by atoms with E-state index in [4.69, 9.17) is 0 Å². The van der Waals surface area contributed by atoms with E-state index in [1.807, 2.05) is 6.92 Å². The van der Waals surface area contributed by atoms with Crippen molar-refractivity contribution in [1.29, 1.82) is 0 Å². The Balaban J connectivity index is 1.95. The van der Waals surface area contributed by atoms with Crippen LogP contribution in [0.4, 0.5) is 5.69 Å². The molecule has 1 aliphatic carbocycles. The number of rotatable bonds is 5. The van der Waals surface area contributed by atoms with Crippen molar-refractivity contribution in [2.24, 2.45) is 4.99 Å². The van der Waals surface area contributed by atoms with E-state index in [1.165, 1.54) is 37.8 Å². The lowest BCUT2D eigenvalue weighted by atomic mass is 10.2. The van der Waals surface area contributed by atoms with Gasteiger partial charge in [0, 0.05) is 24.7 Å². The summed E-state index contributed by atoms with van der Waals surface area (Å²) in [6.45, 7) is 3.37. The molecule has 0 aliphatic heterocycles. The zero-order chi connectivity index (χ0) is 15.1. The van der Waals surface area contributed by atoms with E-state index in [0.29, 0.717) is 12.6 Å². The lowest BCUT2D eigenvalue weighted by Gasteiger charge is -2.16. The lowest BCUT2D eigenvalue weighted by molar-refractivity contribution is -0.384. The predicted molar refractivity (Wildman–Crippen MR) is 83.3 cm³/mol. The van der Waals surface area contributed by atoms with Crippen molar-refractivity contribution in [2.45, 2.75) is 45.2 Å². The number of hydrogen-bond acceptors (Lipinski definition) is 3. The van der Waals surface area contributed by atoms with Crippen LogP contribution < -0.4 is 10.6 Å². The Morgan fingerprint density at radius 1 is 1.33 bits per heavy atom. The van der Waals surface area contributed by atoms with Crippen LogP contribution in [0, 0.1) is 10.1 Å². The van der Waals surface area contributed by atoms with E-state index < -0.39 is 4.92 Å². The molecule has 1 fully saturated rings. The van der Waals surface area contributed by atoms with Crippen LogP contribution in [0.2, 0.25) is 0 Å². The molecular weight excluding hydrogens is 268 g/mol. The maximum atomic E-state index is 10.6. The number of non-ortho nitro benzene ring substituents is 1. The highest BCUT2D eigenvalue weighted by Crippen LogP contribution is 2.17. The number of benzene rings is 1. The molecule has 114 valence electrons. The second kappa shape index (κ2) is 7.61. The summed E-state index contributed by atoms with van der Waals surface area (Å²) in [6, 6.07) is 7.05. The molecule has 1 aromatic rings. The molecule has 0 amide bonds. The summed E-state index contributed by atoms with van der Waals surface area (Å²) in [5.74, 6) is 0.822. The Bertz CT molecular complexity index is 493. The summed E-state index contributed by atoms with van der Waals surface area (Å²) in [6.07, 6.45) is 4.95. The van der Waals surface area contributed by atoms with Crippen molar-refractivity contribution in [1.82, 2.24) is 10.6 Å². The first-order chi connectivity index (χ1) is 10.2. The molecule has 0 radical (unpaired) electrons. The Labute approximate surface area is 124 Å². The summed E-state index contributed by atoms with van der Waals surface area (Å²) in [4.78, 5) is 14.8. The van der Waals surface area contributed by atoms with Crippen molar-refractivity contribution in [3.8, 4) is 0 Å². The van der Waals surface area contributed by atoms with Crippen molar-refractivity contribution >= 4 is 11.6 Å². The molecule has 0 heterocycles. The minimum absolute atomic E-state index is 0.110. The van der Waals surface area contributed by atoms with E-state index in [1.54, 1.807) is 12.1 Å². The van der Waals surface area contributed by atoms with Gasteiger partial charge < -0.3 is 10.6 Å². The standard InChI is InChI=1S/C15H22N4O2/c1-2-16-15(18-13-5-3-4-6-13)17-11-12-7-9-14(10-8-12)19(20)21/h7-10,13H,2-6,11H2,1H3,(H2,16,17,18). The summed E-state index contributed by atoms with van der Waals surface area (Å²) in [5, 5.41) is 17.3. The molecule has 0 atom stereocenters. The highest BCUT2D eigenvalue weighted by molar-refractivity contribution is 5.80. The van der Waals surface area contributed by atoms with Gasteiger partial charge in [-0.15, -0.1) is 0 Å². The van der Waals surface area contributed by atoms with Gasteiger partial charge in [-0.2, -0.15) is 0 Å². The SMILES string of the molecule is CCNC(=NCc1ccc([N+](=O)[O-])cc1)NC1CCCC1. The third kappa shape index (κ3) is 4.73. The summed E-state index contributed by atoms with van der Waals surface area (Å²) in [5.41, 5.74) is 1.07. The number of nitro benzene ring substituents is 1. The van der Waals surface area contributed by atoms with E-state index in [0.717, 1.165) is 18.1 Å². The molecule has 6 nitrogen and oxygen atoms in total. The molecule has 1 aliphatic rings. The second-order valence-electron chi connectivity index (χ2n) is 5.24. The van der Waals surface area contributed by atoms with Crippen LogP contribution in [0.25, 0.3) is 0 Å². The van der Waals surface area contributed by atoms with Crippen LogP contribution in [0.15, 0.2) is 29.3 Å². The van der Waals surface area contributed by atoms with Gasteiger partial charge in [0.25, 0.3) is 5.69 Å². The highest BCUT2D eigenvalue weighted by Gasteiger charge is 2.15. The molecular formula is C15H22N4O2. The van der Waals surface area contributed by atoms with E-state index in [9.17, 15) is 10.1 Å². The first kappa shape index (κ1) is 15.3. The molecule has 0 unspecified atom stereocenters. The van der Waals surface area contributed by atoms with Crippen molar-refractivity contribution < 1.29 is 4.92 Å². The highest BCUT2D eigenvalue weighted by atomic mass is 16.6. The van der Waals surface area contributed by atoms with Crippen LogP contribution in [-0.2, 0) is 6.54 Å². The Morgan fingerprint density at radius 3 is 2.57 bits per heavy atom. The van der Waals surface area contributed by atoms with E-state index in [-0.39, 0.29) is 5.69 Å². The van der Waals surface area contributed by atoms with Gasteiger partial charge >= 0.3 is 0 Å². The number of guanidine groups is 1. The molecule has 21 heavy (non-hydrogen) atoms. The normalized spacial score (nSPS) is 16.0. The average Bonchev–Trinajstić information content (AvgIpc) is 2.98. The van der Waals surface area contributed by atoms with Crippen LogP contribution >= 0.6 is 0 Å². The number of nitrogens with one attached hydrogen (secondary N) is 2. The zero-order valence-electron chi connectivity index (χ0n) is 12.3. The number of nitro groups is 1. The molecule has 0 saturated heterocycles. The number of nitrogens with zero attached hydrogens (tertiary/aromatic N) is 2. The summed E-state index contributed by atoms with van der Waals surface area (Å²) in [7, 11) is 0. The quantitative estimate of drug-likeness (QED) is 0.378. The third-order valence-corrected chi connectivity index (χ3v) is 3.61. The van der Waals surface area contributed by atoms with Gasteiger partial charge in [0.05, 0.1) is 11.5 Å². The van der Waals surface area contributed by atoms with Crippen molar-refractivity contribution in [3.63, 3.8) is 0 Å². The number of aliphatic imine (C=N–C) groups is 1. The third-order valence-electron chi connectivity index (χ3n) is 3.61. The van der Waals surface area contributed by atoms with Crippen LogP contribution in [0.5, 0.6) is 0 Å². The molecule has 0 aromatic heterocycles. The topological polar surface area (TPSA) is 79.6 Å². The molecule has 2 rings (SSSR count). The van der Waals surface area contributed by atoms with Gasteiger partial charge in [-0.3, -0.25) is 10.1 Å². The van der Waals surface area contributed by atoms with Gasteiger partial charge in [-0.1, -0.05) is 25.0 Å². The molecule has 0 spiro atoms. The summed E-state index contributed by atoms with van der Waals surface area (Å²) >= 11 is 0. The fourth-order valence-corrected chi connectivity index (χ4v) is 2.48. The fraction of sp³-hybridized carbons (Fsp3) is 0.533. The maximum absolute atomic E-state index is 10.6. The smallest absolute Gasteiger partial charge is 0.269 e. The van der Waals surface area contributed by atoms with Crippen LogP contribution in [-0.4, -0.2) is 23.5 Å². The molecule has 2 N–H and O–H groups in total. The minimum Gasteiger partial charge on any atom is -0.357 e. The average molecular weight is 290 g/mol. The van der Waals surface area contributed by atoms with Gasteiger partial charge in [-0.25, -0.2) is 4.99 Å². The van der Waals surface area contributed by atoms with E-state index >= 15 is 0 Å². The van der Waals surface area contributed by atoms with Crippen LogP contribution in [0.3, 0.4) is 0 Å². The fourth-order valence-electron chi connectivity index (χ4n) is 2.48. The van der Waals surface area contributed by atoms with Crippen LogP contribution in [0.1, 0.15) is 38.2 Å². The molecule has 6 heteroatoms. The van der Waals surface area contributed by atoms with Crippen molar-refractivity contribution in [3.05, 3.63) is 39.9 Å². The Hall–Kier alpha value is -2.11. The van der Waals surface area contributed by atoms with Gasteiger partial charge in [0.1, 0.15) is 0 Å². The predicted octanol–water partition coefficient (Wildman–Crippen LogP) is 2.59. The first-order valence-electron chi connectivity index (χ1n) is 7.47. The van der Waals surface area contributed by atoms with Gasteiger partial charge in [0.15, 0.2) is 5.96 Å². The van der Waals surface area contributed by atoms with Crippen molar-refractivity contribution in [2.75, 3.05) is 6.54 Å². The minimum atomic E-state index is -0.390. The Kier molecular flexibility index (Phi) is 5.54. The lowest BCUT2D eigenvalue weighted by Crippen LogP contribution is -2.42.